The molecule has 18 heavy (non-hydrogen) atoms. The lowest BCUT2D eigenvalue weighted by molar-refractivity contribution is -0.139. The van der Waals surface area contributed by atoms with E-state index in [-0.39, 0.29) is 6.04 Å². The number of carbonyl (C=O) groups is 1. The second-order valence-electron chi connectivity index (χ2n) is 4.14. The van der Waals surface area contributed by atoms with Gasteiger partial charge in [-0.25, -0.2) is 4.98 Å². The smallest absolute Gasteiger partial charge is 0.320 e. The van der Waals surface area contributed by atoms with Gasteiger partial charge in [0.15, 0.2) is 0 Å². The zero-order valence-electron chi connectivity index (χ0n) is 10.4. The van der Waals surface area contributed by atoms with Crippen LogP contribution in [0.15, 0.2) is 27.8 Å². The average molecular weight is 333 g/mol. The van der Waals surface area contributed by atoms with Gasteiger partial charge in [0.25, 0.3) is 0 Å². The van der Waals surface area contributed by atoms with Crippen LogP contribution in [0.4, 0.5) is 0 Å². The highest BCUT2D eigenvalue weighted by Gasteiger charge is 2.17. The molecule has 0 spiro atoms. The van der Waals surface area contributed by atoms with Crippen molar-refractivity contribution in [2.45, 2.75) is 37.4 Å². The average Bonchev–Trinajstić information content (AvgIpc) is 2.29. The van der Waals surface area contributed by atoms with Crippen LogP contribution in [0.5, 0.6) is 0 Å². The van der Waals surface area contributed by atoms with E-state index in [1.165, 1.54) is 0 Å². The zero-order valence-corrected chi connectivity index (χ0v) is 12.8. The Bertz CT molecular complexity index is 401. The highest BCUT2D eigenvalue weighted by Crippen LogP contribution is 2.25. The number of thioether (sulfide) groups is 1. The van der Waals surface area contributed by atoms with Gasteiger partial charge in [-0.1, -0.05) is 13.8 Å². The Morgan fingerprint density at radius 2 is 2.33 bits per heavy atom. The molecule has 1 aromatic rings. The predicted octanol–water partition coefficient (Wildman–Crippen LogP) is 2.78. The third-order valence-electron chi connectivity index (χ3n) is 2.20. The van der Waals surface area contributed by atoms with E-state index in [2.05, 4.69) is 26.2 Å². The molecule has 0 fully saturated rings. The zero-order chi connectivity index (χ0) is 13.5. The van der Waals surface area contributed by atoms with Crippen molar-refractivity contribution in [3.05, 3.63) is 22.8 Å². The molecular weight excluding hydrogens is 316 g/mol. The molecule has 1 heterocycles. The van der Waals surface area contributed by atoms with E-state index >= 15 is 0 Å². The maximum Gasteiger partial charge on any atom is 0.320 e. The molecule has 100 valence electrons. The number of nitrogens with zero attached hydrogens (tertiary/aromatic N) is 1. The van der Waals surface area contributed by atoms with Crippen molar-refractivity contribution in [3.8, 4) is 0 Å². The minimum absolute atomic E-state index is 0.165. The van der Waals surface area contributed by atoms with Crippen LogP contribution >= 0.6 is 27.7 Å². The molecule has 0 radical (unpaired) electrons. The van der Waals surface area contributed by atoms with Crippen molar-refractivity contribution in [1.29, 1.82) is 0 Å². The second kappa shape index (κ2) is 7.76. The summed E-state index contributed by atoms with van der Waals surface area (Å²) >= 11 is 4.98. The summed E-state index contributed by atoms with van der Waals surface area (Å²) < 4.78 is 0.943. The van der Waals surface area contributed by atoms with E-state index < -0.39 is 12.0 Å². The molecule has 0 saturated heterocycles. The van der Waals surface area contributed by atoms with Crippen LogP contribution in [0, 0.1) is 0 Å². The summed E-state index contributed by atoms with van der Waals surface area (Å²) in [6.45, 7) is 3.89. The first-order valence-electron chi connectivity index (χ1n) is 5.73. The molecule has 4 nitrogen and oxygen atoms in total. The van der Waals surface area contributed by atoms with E-state index in [1.807, 2.05) is 26.0 Å². The van der Waals surface area contributed by atoms with E-state index in [0.717, 1.165) is 9.50 Å². The number of hydrogen-bond acceptors (Lipinski definition) is 4. The number of pyridine rings is 1. The predicted molar refractivity (Wildman–Crippen MR) is 77.0 cm³/mol. The fourth-order valence-electron chi connectivity index (χ4n) is 1.43. The lowest BCUT2D eigenvalue weighted by Gasteiger charge is -2.16. The van der Waals surface area contributed by atoms with Crippen LogP contribution in [0.1, 0.15) is 20.3 Å². The minimum atomic E-state index is -0.801. The molecule has 0 bridgehead atoms. The Kier molecular flexibility index (Phi) is 6.67. The minimum Gasteiger partial charge on any atom is -0.480 e. The fourth-order valence-corrected chi connectivity index (χ4v) is 2.92. The van der Waals surface area contributed by atoms with Gasteiger partial charge in [-0.2, -0.15) is 0 Å². The quantitative estimate of drug-likeness (QED) is 0.752. The molecule has 0 aliphatic carbocycles. The number of aromatic nitrogens is 1. The Hall–Kier alpha value is -0.590. The van der Waals surface area contributed by atoms with E-state index in [1.54, 1.807) is 18.0 Å². The number of halogens is 1. The molecule has 0 amide bonds. The van der Waals surface area contributed by atoms with Gasteiger partial charge in [0.2, 0.25) is 0 Å². The Morgan fingerprint density at radius 3 is 2.89 bits per heavy atom. The number of hydrogen-bond donors (Lipinski definition) is 2. The molecule has 0 aliphatic heterocycles. The van der Waals surface area contributed by atoms with Gasteiger partial charge >= 0.3 is 5.97 Å². The van der Waals surface area contributed by atoms with Crippen molar-refractivity contribution in [1.82, 2.24) is 10.3 Å². The van der Waals surface area contributed by atoms with Gasteiger partial charge in [-0.15, -0.1) is 11.8 Å². The van der Waals surface area contributed by atoms with Crippen LogP contribution in [-0.4, -0.2) is 33.9 Å². The summed E-state index contributed by atoms with van der Waals surface area (Å²) in [5.74, 6) is -0.0869. The first-order valence-corrected chi connectivity index (χ1v) is 7.50. The second-order valence-corrected chi connectivity index (χ2v) is 6.08. The lowest BCUT2D eigenvalue weighted by atomic mass is 10.2. The summed E-state index contributed by atoms with van der Waals surface area (Å²) in [6, 6.07) is 3.45. The van der Waals surface area contributed by atoms with Crippen LogP contribution in [0.25, 0.3) is 0 Å². The summed E-state index contributed by atoms with van der Waals surface area (Å²) in [5, 5.41) is 13.0. The maximum absolute atomic E-state index is 11.0. The highest BCUT2D eigenvalue weighted by molar-refractivity contribution is 9.10. The van der Waals surface area contributed by atoms with Crippen LogP contribution < -0.4 is 5.32 Å². The molecule has 2 N–H and O–H groups in total. The number of carboxylic acid groups (broad SMARTS) is 1. The van der Waals surface area contributed by atoms with Gasteiger partial charge in [0, 0.05) is 22.5 Å². The highest BCUT2D eigenvalue weighted by atomic mass is 79.9. The summed E-state index contributed by atoms with van der Waals surface area (Å²) in [6.07, 6.45) is 2.30. The van der Waals surface area contributed by atoms with E-state index in [4.69, 9.17) is 5.11 Å². The molecule has 6 heteroatoms. The topological polar surface area (TPSA) is 62.2 Å². The summed E-state index contributed by atoms with van der Waals surface area (Å²) in [5.41, 5.74) is 0. The van der Waals surface area contributed by atoms with Crippen LogP contribution in [0.3, 0.4) is 0 Å². The normalized spacial score (nSPS) is 12.7. The van der Waals surface area contributed by atoms with Crippen molar-refractivity contribution < 1.29 is 9.90 Å². The Balaban J connectivity index is 2.44. The molecule has 1 rings (SSSR count). The first kappa shape index (κ1) is 15.5. The van der Waals surface area contributed by atoms with Crippen LogP contribution in [-0.2, 0) is 4.79 Å². The molecule has 0 saturated carbocycles. The fraction of sp³-hybridized carbons (Fsp3) is 0.500. The van der Waals surface area contributed by atoms with Gasteiger partial charge in [-0.05, 0) is 34.5 Å². The Morgan fingerprint density at radius 1 is 1.61 bits per heavy atom. The monoisotopic (exact) mass is 332 g/mol. The SMILES string of the molecule is CC(C)NC(CCSc1ncccc1Br)C(=O)O. The van der Waals surface area contributed by atoms with Crippen molar-refractivity contribution >= 4 is 33.7 Å². The molecule has 1 aromatic heterocycles. The molecule has 1 unspecified atom stereocenters. The maximum atomic E-state index is 11.0. The standard InChI is InChI=1S/C12H17BrN2O2S/c1-8(2)15-10(12(16)17)5-7-18-11-9(13)4-3-6-14-11/h3-4,6,8,10,15H,5,7H2,1-2H3,(H,16,17). The lowest BCUT2D eigenvalue weighted by Crippen LogP contribution is -2.41. The molecule has 0 aromatic carbocycles. The summed E-state index contributed by atoms with van der Waals surface area (Å²) in [7, 11) is 0. The number of nitrogens with one attached hydrogen (secondary N) is 1. The van der Waals surface area contributed by atoms with Gasteiger partial charge in [0.05, 0.1) is 0 Å². The largest absolute Gasteiger partial charge is 0.480 e. The third kappa shape index (κ3) is 5.37. The van der Waals surface area contributed by atoms with E-state index in [9.17, 15) is 4.79 Å². The number of carboxylic acids is 1. The van der Waals surface area contributed by atoms with Gasteiger partial charge in [0.1, 0.15) is 11.1 Å². The summed E-state index contributed by atoms with van der Waals surface area (Å²) in [4.78, 5) is 15.3. The third-order valence-corrected chi connectivity index (χ3v) is 4.14. The number of rotatable bonds is 7. The molecule has 0 aliphatic rings. The number of aliphatic carboxylic acids is 1. The van der Waals surface area contributed by atoms with E-state index in [0.29, 0.717) is 12.2 Å². The van der Waals surface area contributed by atoms with Crippen molar-refractivity contribution in [2.24, 2.45) is 0 Å². The molecular formula is C12H17BrN2O2S. The van der Waals surface area contributed by atoms with Crippen LogP contribution in [0.2, 0.25) is 0 Å². The van der Waals surface area contributed by atoms with Crippen molar-refractivity contribution in [3.63, 3.8) is 0 Å². The van der Waals surface area contributed by atoms with Gasteiger partial charge in [-0.3, -0.25) is 4.79 Å². The first-order chi connectivity index (χ1) is 8.50. The Labute approximate surface area is 120 Å². The van der Waals surface area contributed by atoms with Gasteiger partial charge < -0.3 is 10.4 Å². The molecule has 1 atom stereocenters. The van der Waals surface area contributed by atoms with Crippen molar-refractivity contribution in [2.75, 3.05) is 5.75 Å².